The van der Waals surface area contributed by atoms with Gasteiger partial charge in [0, 0.05) is 11.9 Å². The van der Waals surface area contributed by atoms with Crippen molar-refractivity contribution >= 4 is 23.4 Å². The zero-order valence-electron chi connectivity index (χ0n) is 7.01. The van der Waals surface area contributed by atoms with E-state index in [9.17, 15) is 13.2 Å². The predicted molar refractivity (Wildman–Crippen MR) is 50.6 cm³/mol. The number of thioether (sulfide) groups is 1. The van der Waals surface area contributed by atoms with Gasteiger partial charge in [-0.25, -0.2) is 4.98 Å². The maximum atomic E-state index is 11.8. The second-order valence-corrected chi connectivity index (χ2v) is 3.99. The molecule has 0 aliphatic heterocycles. The maximum absolute atomic E-state index is 11.8. The fourth-order valence-electron chi connectivity index (χ4n) is 0.741. The summed E-state index contributed by atoms with van der Waals surface area (Å²) in [7, 11) is 0. The molecule has 0 radical (unpaired) electrons. The highest BCUT2D eigenvalue weighted by Crippen LogP contribution is 2.28. The first-order valence-electron chi connectivity index (χ1n) is 3.79. The summed E-state index contributed by atoms with van der Waals surface area (Å²) in [6, 6.07) is 3.24. The average Bonchev–Trinajstić information content (AvgIpc) is 2.06. The number of nitrogens with zero attached hydrogens (tertiary/aromatic N) is 1. The normalized spacial score (nSPS) is 11.7. The molecule has 0 saturated carbocycles. The van der Waals surface area contributed by atoms with Gasteiger partial charge in [-0.3, -0.25) is 0 Å². The summed E-state index contributed by atoms with van der Waals surface area (Å²) in [5.74, 6) is -0.0553. The molecule has 0 aromatic carbocycles. The van der Waals surface area contributed by atoms with Crippen molar-refractivity contribution in [1.82, 2.24) is 4.98 Å². The second-order valence-electron chi connectivity index (χ2n) is 2.50. The minimum atomic E-state index is -4.12. The summed E-state index contributed by atoms with van der Waals surface area (Å²) in [5, 5.41) is 0.832. The van der Waals surface area contributed by atoms with Crippen LogP contribution in [-0.2, 0) is 0 Å². The lowest BCUT2D eigenvalue weighted by Crippen LogP contribution is -2.08. The Labute approximate surface area is 88.7 Å². The van der Waals surface area contributed by atoms with E-state index in [4.69, 9.17) is 11.6 Å². The van der Waals surface area contributed by atoms with Crippen molar-refractivity contribution in [3.63, 3.8) is 0 Å². The molecule has 1 nitrogen and oxygen atoms in total. The molecule has 0 saturated heterocycles. The summed E-state index contributed by atoms with van der Waals surface area (Å²) in [4.78, 5) is 3.86. The van der Waals surface area contributed by atoms with Crippen molar-refractivity contribution in [2.24, 2.45) is 0 Å². The Bertz CT molecular complexity index is 303. The monoisotopic (exact) mass is 241 g/mol. The number of hydrogen-bond acceptors (Lipinski definition) is 2. The quantitative estimate of drug-likeness (QED) is 0.747. The molecule has 0 aliphatic carbocycles. The molecule has 0 amide bonds. The Morgan fingerprint density at radius 2 is 2.14 bits per heavy atom. The summed E-state index contributed by atoms with van der Waals surface area (Å²) >= 11 is 6.72. The minimum Gasteiger partial charge on any atom is -0.248 e. The summed E-state index contributed by atoms with van der Waals surface area (Å²) in [6.07, 6.45) is -3.44. The van der Waals surface area contributed by atoms with Crippen LogP contribution in [0.4, 0.5) is 13.2 Å². The van der Waals surface area contributed by atoms with Crippen LogP contribution in [0.25, 0.3) is 0 Å². The lowest BCUT2D eigenvalue weighted by Gasteiger charge is -2.05. The van der Waals surface area contributed by atoms with Gasteiger partial charge < -0.3 is 0 Å². The van der Waals surface area contributed by atoms with Gasteiger partial charge in [0.05, 0.1) is 11.4 Å². The molecule has 0 aliphatic rings. The molecule has 0 spiro atoms. The van der Waals surface area contributed by atoms with Gasteiger partial charge in [0.15, 0.2) is 0 Å². The lowest BCUT2D eigenvalue weighted by atomic mass is 10.5. The highest BCUT2D eigenvalue weighted by Gasteiger charge is 2.26. The van der Waals surface area contributed by atoms with Crippen LogP contribution in [0.3, 0.4) is 0 Å². The lowest BCUT2D eigenvalue weighted by molar-refractivity contribution is -0.129. The zero-order chi connectivity index (χ0) is 10.6. The molecule has 0 bridgehead atoms. The van der Waals surface area contributed by atoms with Gasteiger partial charge in [0.25, 0.3) is 0 Å². The SMILES string of the molecule is FC(F)(F)CCSc1ncccc1Cl. The first kappa shape index (κ1) is 11.7. The molecule has 1 aromatic rings. The molecule has 78 valence electrons. The summed E-state index contributed by atoms with van der Waals surface area (Å²) in [5.41, 5.74) is 0. The first-order valence-corrected chi connectivity index (χ1v) is 5.15. The molecule has 0 N–H and O–H groups in total. The number of pyridine rings is 1. The molecule has 0 unspecified atom stereocenters. The van der Waals surface area contributed by atoms with Crippen LogP contribution in [0.2, 0.25) is 5.02 Å². The highest BCUT2D eigenvalue weighted by atomic mass is 35.5. The Balaban J connectivity index is 2.43. The fourth-order valence-corrected chi connectivity index (χ4v) is 1.89. The van der Waals surface area contributed by atoms with Gasteiger partial charge in [0.1, 0.15) is 5.03 Å². The van der Waals surface area contributed by atoms with E-state index in [1.807, 2.05) is 0 Å². The third kappa shape index (κ3) is 4.19. The Kier molecular flexibility index (Phi) is 4.07. The Morgan fingerprint density at radius 1 is 1.43 bits per heavy atom. The molecule has 1 aromatic heterocycles. The van der Waals surface area contributed by atoms with Crippen molar-refractivity contribution in [2.45, 2.75) is 17.6 Å². The van der Waals surface area contributed by atoms with Crippen LogP contribution in [-0.4, -0.2) is 16.9 Å². The number of alkyl halides is 3. The molecule has 0 fully saturated rings. The van der Waals surface area contributed by atoms with E-state index >= 15 is 0 Å². The van der Waals surface area contributed by atoms with E-state index in [1.54, 1.807) is 12.1 Å². The van der Waals surface area contributed by atoms with Crippen LogP contribution in [0, 0.1) is 0 Å². The summed E-state index contributed by atoms with van der Waals surface area (Å²) < 4.78 is 35.4. The zero-order valence-corrected chi connectivity index (χ0v) is 8.59. The third-order valence-electron chi connectivity index (χ3n) is 1.35. The topological polar surface area (TPSA) is 12.9 Å². The van der Waals surface area contributed by atoms with E-state index in [1.165, 1.54) is 6.20 Å². The maximum Gasteiger partial charge on any atom is 0.389 e. The van der Waals surface area contributed by atoms with E-state index in [0.29, 0.717) is 10.0 Å². The molecule has 14 heavy (non-hydrogen) atoms. The molecule has 1 heterocycles. The number of aromatic nitrogens is 1. The van der Waals surface area contributed by atoms with Crippen molar-refractivity contribution < 1.29 is 13.2 Å². The Morgan fingerprint density at radius 3 is 2.71 bits per heavy atom. The van der Waals surface area contributed by atoms with Crippen LogP contribution in [0.5, 0.6) is 0 Å². The van der Waals surface area contributed by atoms with Gasteiger partial charge in [-0.15, -0.1) is 11.8 Å². The van der Waals surface area contributed by atoms with E-state index in [-0.39, 0.29) is 5.75 Å². The highest BCUT2D eigenvalue weighted by molar-refractivity contribution is 7.99. The van der Waals surface area contributed by atoms with Crippen LogP contribution in [0.15, 0.2) is 23.4 Å². The number of halogens is 4. The average molecular weight is 242 g/mol. The van der Waals surface area contributed by atoms with E-state index in [2.05, 4.69) is 4.98 Å². The van der Waals surface area contributed by atoms with Crippen molar-refractivity contribution in [3.05, 3.63) is 23.4 Å². The summed E-state index contributed by atoms with van der Waals surface area (Å²) in [6.45, 7) is 0. The fraction of sp³-hybridized carbons (Fsp3) is 0.375. The smallest absolute Gasteiger partial charge is 0.248 e. The molecular formula is C8H7ClF3NS. The van der Waals surface area contributed by atoms with Crippen LogP contribution >= 0.6 is 23.4 Å². The van der Waals surface area contributed by atoms with Gasteiger partial charge >= 0.3 is 6.18 Å². The van der Waals surface area contributed by atoms with E-state index in [0.717, 1.165) is 11.8 Å². The van der Waals surface area contributed by atoms with Crippen molar-refractivity contribution in [3.8, 4) is 0 Å². The molecule has 1 rings (SSSR count). The predicted octanol–water partition coefficient (Wildman–Crippen LogP) is 3.78. The molecule has 0 atom stereocenters. The van der Waals surface area contributed by atoms with Gasteiger partial charge in [-0.1, -0.05) is 11.6 Å². The minimum absolute atomic E-state index is 0.0553. The number of hydrogen-bond donors (Lipinski definition) is 0. The van der Waals surface area contributed by atoms with Gasteiger partial charge in [-0.05, 0) is 12.1 Å². The Hall–Kier alpha value is -0.420. The molecule has 6 heteroatoms. The van der Waals surface area contributed by atoms with Crippen molar-refractivity contribution in [1.29, 1.82) is 0 Å². The third-order valence-corrected chi connectivity index (χ3v) is 2.77. The number of rotatable bonds is 3. The van der Waals surface area contributed by atoms with Gasteiger partial charge in [0.2, 0.25) is 0 Å². The van der Waals surface area contributed by atoms with Crippen LogP contribution in [0.1, 0.15) is 6.42 Å². The van der Waals surface area contributed by atoms with Crippen LogP contribution < -0.4 is 0 Å². The second kappa shape index (κ2) is 4.89. The standard InChI is InChI=1S/C8H7ClF3NS/c9-6-2-1-4-13-7(6)14-5-3-8(10,11)12/h1-2,4H,3,5H2. The largest absolute Gasteiger partial charge is 0.389 e. The molecular weight excluding hydrogens is 235 g/mol. The first-order chi connectivity index (χ1) is 6.49. The van der Waals surface area contributed by atoms with Gasteiger partial charge in [-0.2, -0.15) is 13.2 Å². The van der Waals surface area contributed by atoms with Crippen molar-refractivity contribution in [2.75, 3.05) is 5.75 Å². The van der Waals surface area contributed by atoms with E-state index < -0.39 is 12.6 Å².